The Morgan fingerprint density at radius 2 is 2.00 bits per heavy atom. The Morgan fingerprint density at radius 3 is 2.75 bits per heavy atom. The fourth-order valence-corrected chi connectivity index (χ4v) is 3.99. The topological polar surface area (TPSA) is 122 Å². The second kappa shape index (κ2) is 13.4. The Labute approximate surface area is 213 Å². The van der Waals surface area contributed by atoms with E-state index in [4.69, 9.17) is 4.74 Å². The molecule has 2 atom stereocenters. The highest BCUT2D eigenvalue weighted by molar-refractivity contribution is 5.98. The third-order valence-electron chi connectivity index (χ3n) is 6.31. The molecule has 4 bridgehead atoms. The summed E-state index contributed by atoms with van der Waals surface area (Å²) >= 11 is 0. The number of fused-ring (bicyclic) bond motifs is 4. The van der Waals surface area contributed by atoms with Gasteiger partial charge in [0.25, 0.3) is 5.91 Å². The lowest BCUT2D eigenvalue weighted by Crippen LogP contribution is -2.53. The number of hydrogen-bond donors (Lipinski definition) is 3. The number of rotatable bonds is 4. The molecule has 3 N–H and O–H groups in total. The number of carbonyl (C=O) groups is 2. The van der Waals surface area contributed by atoms with Crippen molar-refractivity contribution in [3.05, 3.63) is 41.2 Å². The van der Waals surface area contributed by atoms with Crippen LogP contribution < -0.4 is 15.4 Å². The molecule has 198 valence electrons. The summed E-state index contributed by atoms with van der Waals surface area (Å²) in [4.78, 5) is 28.1. The van der Waals surface area contributed by atoms with E-state index in [1.165, 1.54) is 6.92 Å². The maximum atomic E-state index is 12.9. The summed E-state index contributed by atoms with van der Waals surface area (Å²) in [5.41, 5.74) is 2.21. The first-order chi connectivity index (χ1) is 17.2. The van der Waals surface area contributed by atoms with Gasteiger partial charge in [0.1, 0.15) is 11.8 Å². The lowest BCUT2D eigenvalue weighted by molar-refractivity contribution is -0.125. The predicted molar refractivity (Wildman–Crippen MR) is 137 cm³/mol. The van der Waals surface area contributed by atoms with Gasteiger partial charge in [-0.05, 0) is 50.4 Å². The molecule has 3 rings (SSSR count). The molecule has 10 heteroatoms. The number of carbonyl (C=O) groups excluding carboxylic acids is 2. The van der Waals surface area contributed by atoms with Gasteiger partial charge in [0.15, 0.2) is 0 Å². The zero-order chi connectivity index (χ0) is 26.1. The van der Waals surface area contributed by atoms with Gasteiger partial charge in [-0.2, -0.15) is 0 Å². The summed E-state index contributed by atoms with van der Waals surface area (Å²) in [6.45, 7) is 11.7. The molecule has 1 aromatic heterocycles. The average Bonchev–Trinajstić information content (AvgIpc) is 3.29. The molecule has 0 radical (unpaired) electrons. The highest BCUT2D eigenvalue weighted by atomic mass is 16.5. The van der Waals surface area contributed by atoms with Crippen molar-refractivity contribution in [2.75, 3.05) is 32.8 Å². The Morgan fingerprint density at radius 1 is 1.19 bits per heavy atom. The molecule has 0 saturated heterocycles. The third kappa shape index (κ3) is 8.30. The zero-order valence-corrected chi connectivity index (χ0v) is 21.9. The van der Waals surface area contributed by atoms with Crippen LogP contribution in [0.2, 0.25) is 0 Å². The number of aliphatic hydroxyl groups is 1. The maximum Gasteiger partial charge on any atom is 0.252 e. The van der Waals surface area contributed by atoms with Crippen molar-refractivity contribution in [2.45, 2.75) is 65.6 Å². The van der Waals surface area contributed by atoms with Crippen LogP contribution in [0.25, 0.3) is 0 Å². The molecule has 0 aliphatic carbocycles. The fourth-order valence-electron chi connectivity index (χ4n) is 3.99. The second-order valence-corrected chi connectivity index (χ2v) is 9.91. The Kier molecular flexibility index (Phi) is 10.2. The van der Waals surface area contributed by atoms with E-state index < -0.39 is 24.0 Å². The molecule has 0 spiro atoms. The summed E-state index contributed by atoms with van der Waals surface area (Å²) in [5, 5.41) is 24.3. The zero-order valence-electron chi connectivity index (χ0n) is 21.9. The van der Waals surface area contributed by atoms with E-state index in [1.54, 1.807) is 12.1 Å². The number of aryl methyl sites for hydroxylation is 2. The molecule has 2 aromatic rings. The quantitative estimate of drug-likeness (QED) is 0.582. The molecule has 36 heavy (non-hydrogen) atoms. The van der Waals surface area contributed by atoms with Crippen molar-refractivity contribution in [2.24, 2.45) is 5.92 Å². The van der Waals surface area contributed by atoms with E-state index >= 15 is 0 Å². The van der Waals surface area contributed by atoms with E-state index in [0.717, 1.165) is 43.6 Å². The number of hydrogen-bond acceptors (Lipinski definition) is 7. The van der Waals surface area contributed by atoms with E-state index in [1.807, 2.05) is 23.9 Å². The van der Waals surface area contributed by atoms with Crippen molar-refractivity contribution in [3.63, 3.8) is 0 Å². The van der Waals surface area contributed by atoms with Crippen molar-refractivity contribution < 1.29 is 19.4 Å². The largest absolute Gasteiger partial charge is 0.493 e. The van der Waals surface area contributed by atoms with Crippen LogP contribution in [0.5, 0.6) is 5.75 Å². The van der Waals surface area contributed by atoms with Gasteiger partial charge in [0.2, 0.25) is 5.91 Å². The molecule has 2 heterocycles. The lowest BCUT2D eigenvalue weighted by atomic mass is 10.1. The first-order valence-electron chi connectivity index (χ1n) is 12.8. The average molecular weight is 501 g/mol. The van der Waals surface area contributed by atoms with Crippen LogP contribution in [0.3, 0.4) is 0 Å². The normalized spacial score (nSPS) is 19.8. The van der Waals surface area contributed by atoms with Crippen molar-refractivity contribution in [3.8, 4) is 5.75 Å². The van der Waals surface area contributed by atoms with E-state index in [2.05, 4.69) is 39.7 Å². The minimum absolute atomic E-state index is 0.365. The smallest absolute Gasteiger partial charge is 0.252 e. The predicted octanol–water partition coefficient (Wildman–Crippen LogP) is 1.56. The van der Waals surface area contributed by atoms with Gasteiger partial charge in [-0.15, -0.1) is 5.10 Å². The molecule has 0 unspecified atom stereocenters. The molecule has 0 fully saturated rings. The molecular formula is C26H40N6O4. The first-order valence-corrected chi connectivity index (χ1v) is 12.8. The minimum Gasteiger partial charge on any atom is -0.493 e. The Hall–Kier alpha value is -2.98. The molecular weight excluding hydrogens is 460 g/mol. The van der Waals surface area contributed by atoms with Crippen LogP contribution in [0.4, 0.5) is 0 Å². The lowest BCUT2D eigenvalue weighted by Gasteiger charge is -2.25. The molecule has 1 aliphatic heterocycles. The summed E-state index contributed by atoms with van der Waals surface area (Å²) in [5.74, 6) is 0.323. The Balaban J connectivity index is 1.77. The SMILES string of the molecule is Cc1ccc2cc1OCCCn1cc(nn1)CCN(CCC(C)C)CCNC(=O)[C@H]([C@@H](C)O)NC2=O. The molecule has 1 aliphatic rings. The third-order valence-corrected chi connectivity index (χ3v) is 6.31. The summed E-state index contributed by atoms with van der Waals surface area (Å²) in [7, 11) is 0. The number of aromatic nitrogens is 3. The van der Waals surface area contributed by atoms with E-state index in [0.29, 0.717) is 43.5 Å². The highest BCUT2D eigenvalue weighted by Gasteiger charge is 2.26. The van der Waals surface area contributed by atoms with Gasteiger partial charge in [0.05, 0.1) is 18.4 Å². The Bertz CT molecular complexity index is 1010. The second-order valence-electron chi connectivity index (χ2n) is 9.91. The number of aliphatic hydroxyl groups excluding tert-OH is 1. The summed E-state index contributed by atoms with van der Waals surface area (Å²) in [6.07, 6.45) is 3.48. The van der Waals surface area contributed by atoms with Crippen molar-refractivity contribution in [1.82, 2.24) is 30.5 Å². The maximum absolute atomic E-state index is 12.9. The van der Waals surface area contributed by atoms with Crippen LogP contribution in [0.1, 0.15) is 55.2 Å². The number of nitrogens with one attached hydrogen (secondary N) is 2. The van der Waals surface area contributed by atoms with Gasteiger partial charge in [-0.25, -0.2) is 0 Å². The molecule has 0 saturated carbocycles. The van der Waals surface area contributed by atoms with Crippen LogP contribution in [0.15, 0.2) is 24.4 Å². The van der Waals surface area contributed by atoms with Crippen LogP contribution >= 0.6 is 0 Å². The monoisotopic (exact) mass is 500 g/mol. The summed E-state index contributed by atoms with van der Waals surface area (Å²) < 4.78 is 7.77. The van der Waals surface area contributed by atoms with Gasteiger partial charge in [0, 0.05) is 50.8 Å². The van der Waals surface area contributed by atoms with E-state index in [-0.39, 0.29) is 0 Å². The number of amides is 2. The molecule has 10 nitrogen and oxygen atoms in total. The van der Waals surface area contributed by atoms with Crippen LogP contribution in [-0.4, -0.2) is 81.7 Å². The molecule has 2 amide bonds. The highest BCUT2D eigenvalue weighted by Crippen LogP contribution is 2.20. The van der Waals surface area contributed by atoms with Gasteiger partial charge in [-0.1, -0.05) is 25.1 Å². The van der Waals surface area contributed by atoms with Crippen LogP contribution in [-0.2, 0) is 17.8 Å². The minimum atomic E-state index is -1.06. The first kappa shape index (κ1) is 27.6. The standard InChI is InChI=1S/C26H40N6O4/c1-18(2)8-12-31-13-9-22-17-32(30-29-22)11-5-15-36-23-16-21(7-6-19(23)3)25(34)28-24(20(4)33)26(35)27-10-14-31/h6-7,16-18,20,24,33H,5,8-15H2,1-4H3,(H,27,35)(H,28,34)/t20-,24+/m1/s1. The van der Waals surface area contributed by atoms with Crippen molar-refractivity contribution >= 4 is 11.8 Å². The number of nitrogens with zero attached hydrogens (tertiary/aromatic N) is 4. The van der Waals surface area contributed by atoms with Gasteiger partial charge in [-0.3, -0.25) is 14.3 Å². The van der Waals surface area contributed by atoms with Gasteiger partial charge >= 0.3 is 0 Å². The van der Waals surface area contributed by atoms with Crippen LogP contribution in [0, 0.1) is 12.8 Å². The molecule has 1 aromatic carbocycles. The van der Waals surface area contributed by atoms with E-state index in [9.17, 15) is 14.7 Å². The fraction of sp³-hybridized carbons (Fsp3) is 0.615. The van der Waals surface area contributed by atoms with Crippen molar-refractivity contribution in [1.29, 1.82) is 0 Å². The number of benzene rings is 1. The number of ether oxygens (including phenoxy) is 1. The summed E-state index contributed by atoms with van der Waals surface area (Å²) in [6, 6.07) is 4.10. The van der Waals surface area contributed by atoms with Gasteiger partial charge < -0.3 is 25.4 Å².